The van der Waals surface area contributed by atoms with E-state index >= 15 is 0 Å². The largest absolute Gasteiger partial charge is 0.324 e. The molecular formula is C13H13Br2NS. The molecule has 1 heterocycles. The van der Waals surface area contributed by atoms with Crippen LogP contribution in [0.25, 0.3) is 0 Å². The average Bonchev–Trinajstić information content (AvgIpc) is 2.68. The summed E-state index contributed by atoms with van der Waals surface area (Å²) in [4.78, 5) is 1.30. The van der Waals surface area contributed by atoms with Crippen molar-refractivity contribution in [2.45, 2.75) is 19.4 Å². The minimum atomic E-state index is 0.0271. The topological polar surface area (TPSA) is 26.0 Å². The molecule has 0 saturated carbocycles. The van der Waals surface area contributed by atoms with Gasteiger partial charge in [0.15, 0.2) is 0 Å². The molecule has 2 rings (SSSR count). The van der Waals surface area contributed by atoms with Crippen LogP contribution in [0.4, 0.5) is 0 Å². The highest BCUT2D eigenvalue weighted by Gasteiger charge is 2.13. The molecule has 1 aromatic carbocycles. The highest BCUT2D eigenvalue weighted by molar-refractivity contribution is 9.10. The smallest absolute Gasteiger partial charge is 0.0355 e. The Hall–Kier alpha value is -0.160. The molecule has 1 nitrogen and oxygen atoms in total. The third-order valence-corrected chi connectivity index (χ3v) is 5.32. The monoisotopic (exact) mass is 373 g/mol. The van der Waals surface area contributed by atoms with E-state index in [1.807, 2.05) is 0 Å². The molecule has 0 spiro atoms. The zero-order valence-corrected chi connectivity index (χ0v) is 13.4. The van der Waals surface area contributed by atoms with Gasteiger partial charge >= 0.3 is 0 Å². The van der Waals surface area contributed by atoms with Gasteiger partial charge in [-0.15, -0.1) is 11.3 Å². The fourth-order valence-electron chi connectivity index (χ4n) is 1.73. The molecule has 0 saturated heterocycles. The van der Waals surface area contributed by atoms with Gasteiger partial charge in [0.25, 0.3) is 0 Å². The van der Waals surface area contributed by atoms with Crippen molar-refractivity contribution in [3.05, 3.63) is 54.6 Å². The van der Waals surface area contributed by atoms with Crippen molar-refractivity contribution < 1.29 is 0 Å². The van der Waals surface area contributed by atoms with Crippen LogP contribution in [0, 0.1) is 6.92 Å². The second-order valence-electron chi connectivity index (χ2n) is 4.03. The van der Waals surface area contributed by atoms with Crippen LogP contribution in [-0.4, -0.2) is 0 Å². The summed E-state index contributed by atoms with van der Waals surface area (Å²) < 4.78 is 2.24. The normalized spacial score (nSPS) is 12.7. The predicted molar refractivity (Wildman–Crippen MR) is 81.5 cm³/mol. The Labute approximate surface area is 122 Å². The van der Waals surface area contributed by atoms with E-state index in [9.17, 15) is 0 Å². The van der Waals surface area contributed by atoms with Crippen molar-refractivity contribution in [3.8, 4) is 0 Å². The molecule has 17 heavy (non-hydrogen) atoms. The Balaban J connectivity index is 2.23. The maximum atomic E-state index is 6.28. The zero-order chi connectivity index (χ0) is 12.4. The van der Waals surface area contributed by atoms with Crippen LogP contribution in [-0.2, 0) is 6.42 Å². The highest BCUT2D eigenvalue weighted by Crippen LogP contribution is 2.30. The molecule has 0 aliphatic carbocycles. The maximum absolute atomic E-state index is 6.28. The van der Waals surface area contributed by atoms with Crippen molar-refractivity contribution in [2.75, 3.05) is 0 Å². The molecular weight excluding hydrogens is 362 g/mol. The molecule has 1 aromatic heterocycles. The van der Waals surface area contributed by atoms with Gasteiger partial charge in [-0.2, -0.15) is 0 Å². The molecule has 1 atom stereocenters. The van der Waals surface area contributed by atoms with Gasteiger partial charge < -0.3 is 5.73 Å². The third kappa shape index (κ3) is 3.19. The molecule has 2 N–H and O–H groups in total. The summed E-state index contributed by atoms with van der Waals surface area (Å²) in [6, 6.07) is 8.39. The lowest BCUT2D eigenvalue weighted by molar-refractivity contribution is 0.724. The number of thiophene rings is 1. The van der Waals surface area contributed by atoms with Crippen LogP contribution in [0.2, 0.25) is 0 Å². The van der Waals surface area contributed by atoms with Crippen LogP contribution in [0.5, 0.6) is 0 Å². The Morgan fingerprint density at radius 1 is 1.24 bits per heavy atom. The van der Waals surface area contributed by atoms with Crippen LogP contribution in [0.15, 0.2) is 38.6 Å². The Bertz CT molecular complexity index is 522. The molecule has 2 aromatic rings. The van der Waals surface area contributed by atoms with Crippen LogP contribution in [0.3, 0.4) is 0 Å². The molecule has 0 bridgehead atoms. The van der Waals surface area contributed by atoms with E-state index in [0.717, 1.165) is 15.4 Å². The van der Waals surface area contributed by atoms with Gasteiger partial charge in [-0.05, 0) is 45.9 Å². The molecule has 90 valence electrons. The number of hydrogen-bond donors (Lipinski definition) is 1. The summed E-state index contributed by atoms with van der Waals surface area (Å²) in [7, 11) is 0. The Morgan fingerprint density at radius 3 is 2.65 bits per heavy atom. The lowest BCUT2D eigenvalue weighted by atomic mass is 10.0. The summed E-state index contributed by atoms with van der Waals surface area (Å²) in [6.07, 6.45) is 0.861. The molecule has 4 heteroatoms. The van der Waals surface area contributed by atoms with E-state index in [4.69, 9.17) is 5.73 Å². The number of halogens is 2. The fraction of sp³-hybridized carbons (Fsp3) is 0.231. The third-order valence-electron chi connectivity index (χ3n) is 2.65. The van der Waals surface area contributed by atoms with Crippen LogP contribution < -0.4 is 5.73 Å². The first-order chi connectivity index (χ1) is 8.08. The molecule has 1 unspecified atom stereocenters. The predicted octanol–water partition coefficient (Wildman–Crippen LogP) is 4.82. The van der Waals surface area contributed by atoms with E-state index in [1.54, 1.807) is 11.3 Å². The lowest BCUT2D eigenvalue weighted by Crippen LogP contribution is -2.13. The van der Waals surface area contributed by atoms with Crippen molar-refractivity contribution >= 4 is 43.2 Å². The van der Waals surface area contributed by atoms with E-state index in [2.05, 4.69) is 68.4 Å². The average molecular weight is 375 g/mol. The summed E-state index contributed by atoms with van der Waals surface area (Å²) in [5.74, 6) is 0. The Kier molecular flexibility index (Phi) is 4.42. The second kappa shape index (κ2) is 5.65. The number of benzene rings is 1. The highest BCUT2D eigenvalue weighted by atomic mass is 79.9. The van der Waals surface area contributed by atoms with Gasteiger partial charge in [0.05, 0.1) is 0 Å². The fourth-order valence-corrected chi connectivity index (χ4v) is 3.84. The number of hydrogen-bond acceptors (Lipinski definition) is 2. The van der Waals surface area contributed by atoms with E-state index in [0.29, 0.717) is 0 Å². The van der Waals surface area contributed by atoms with Crippen LogP contribution in [0.1, 0.15) is 22.0 Å². The van der Waals surface area contributed by atoms with Crippen molar-refractivity contribution in [1.82, 2.24) is 0 Å². The summed E-state index contributed by atoms with van der Waals surface area (Å²) >= 11 is 8.85. The first kappa shape index (κ1) is 13.3. The SMILES string of the molecule is Cc1ccc(Br)c(C(N)Cc2sccc2Br)c1. The Morgan fingerprint density at radius 2 is 2.00 bits per heavy atom. The number of rotatable bonds is 3. The van der Waals surface area contributed by atoms with Crippen LogP contribution >= 0.6 is 43.2 Å². The van der Waals surface area contributed by atoms with Gasteiger partial charge in [0.1, 0.15) is 0 Å². The molecule has 0 amide bonds. The minimum Gasteiger partial charge on any atom is -0.324 e. The van der Waals surface area contributed by atoms with E-state index in [1.165, 1.54) is 16.0 Å². The first-order valence-electron chi connectivity index (χ1n) is 5.31. The van der Waals surface area contributed by atoms with Crippen molar-refractivity contribution in [1.29, 1.82) is 0 Å². The molecule has 0 aliphatic rings. The lowest BCUT2D eigenvalue weighted by Gasteiger charge is -2.14. The zero-order valence-electron chi connectivity index (χ0n) is 9.41. The molecule has 0 radical (unpaired) electrons. The van der Waals surface area contributed by atoms with Gasteiger partial charge in [0.2, 0.25) is 0 Å². The first-order valence-corrected chi connectivity index (χ1v) is 7.78. The van der Waals surface area contributed by atoms with Gasteiger partial charge in [0, 0.05) is 26.3 Å². The standard InChI is InChI=1S/C13H13Br2NS/c1-8-2-3-10(14)9(6-8)12(16)7-13-11(15)4-5-17-13/h2-6,12H,7,16H2,1H3. The minimum absolute atomic E-state index is 0.0271. The second-order valence-corrected chi connectivity index (χ2v) is 6.74. The molecule has 0 aliphatic heterocycles. The van der Waals surface area contributed by atoms with Crippen molar-refractivity contribution in [3.63, 3.8) is 0 Å². The quantitative estimate of drug-likeness (QED) is 0.818. The summed E-state index contributed by atoms with van der Waals surface area (Å²) in [6.45, 7) is 2.09. The molecule has 0 fully saturated rings. The van der Waals surface area contributed by atoms with Gasteiger partial charge in [-0.1, -0.05) is 33.6 Å². The number of aryl methyl sites for hydroxylation is 1. The van der Waals surface area contributed by atoms with Gasteiger partial charge in [-0.25, -0.2) is 0 Å². The maximum Gasteiger partial charge on any atom is 0.0355 e. The van der Waals surface area contributed by atoms with Gasteiger partial charge in [-0.3, -0.25) is 0 Å². The van der Waals surface area contributed by atoms with E-state index < -0.39 is 0 Å². The summed E-state index contributed by atoms with van der Waals surface area (Å²) in [5.41, 5.74) is 8.69. The van der Waals surface area contributed by atoms with E-state index in [-0.39, 0.29) is 6.04 Å². The number of nitrogens with two attached hydrogens (primary N) is 1. The van der Waals surface area contributed by atoms with Crippen molar-refractivity contribution in [2.24, 2.45) is 5.73 Å². The summed E-state index contributed by atoms with van der Waals surface area (Å²) in [5, 5.41) is 2.08.